The van der Waals surface area contributed by atoms with Gasteiger partial charge in [-0.15, -0.1) is 0 Å². The summed E-state index contributed by atoms with van der Waals surface area (Å²) in [5.74, 6) is -1.10. The highest BCUT2D eigenvalue weighted by Crippen LogP contribution is 2.48. The number of carboxylic acids is 1. The van der Waals surface area contributed by atoms with Gasteiger partial charge in [-0.05, 0) is 67.6 Å². The molecule has 8 heteroatoms. The number of rotatable bonds is 3. The van der Waals surface area contributed by atoms with Crippen LogP contribution in [0.4, 0.5) is 18.9 Å². The number of anilines is 1. The number of carbonyl (C=O) groups is 2. The van der Waals surface area contributed by atoms with Gasteiger partial charge in [-0.1, -0.05) is 6.07 Å². The number of carbonyl (C=O) groups excluding carboxylic acids is 1. The molecule has 1 amide bonds. The van der Waals surface area contributed by atoms with Crippen LogP contribution in [0.2, 0.25) is 0 Å². The summed E-state index contributed by atoms with van der Waals surface area (Å²) in [6.45, 7) is 0. The van der Waals surface area contributed by atoms with Gasteiger partial charge in [0.25, 0.3) is 0 Å². The maximum atomic E-state index is 12.9. The van der Waals surface area contributed by atoms with E-state index in [0.717, 1.165) is 12.1 Å². The lowest BCUT2D eigenvalue weighted by atomic mass is 9.69. The van der Waals surface area contributed by atoms with Gasteiger partial charge < -0.3 is 15.2 Å². The van der Waals surface area contributed by atoms with E-state index in [1.54, 1.807) is 6.07 Å². The largest absolute Gasteiger partial charge is 0.490 e. The van der Waals surface area contributed by atoms with Crippen molar-refractivity contribution in [2.75, 3.05) is 5.32 Å². The van der Waals surface area contributed by atoms with Crippen molar-refractivity contribution in [1.82, 2.24) is 0 Å². The number of halogens is 3. The number of aromatic carboxylic acids is 1. The average Bonchev–Trinajstić information content (AvgIpc) is 2.94. The molecule has 29 heavy (non-hydrogen) atoms. The second-order valence-electron chi connectivity index (χ2n) is 7.44. The minimum Gasteiger partial charge on any atom is -0.490 e. The molecule has 2 N–H and O–H groups in total. The standard InChI is InChI=1S/C21H18F3NO4/c22-21(23,24)13-2-1-3-15(11-13)29-14-6-8-20(9-7-14)16-10-12(18(26)27)4-5-17(16)25-19(20)28/h1-5,10-11,14H,6-9H2,(H,25,28)(H,26,27)/t14-,20-. The van der Waals surface area contributed by atoms with Gasteiger partial charge in [0.1, 0.15) is 5.75 Å². The molecule has 4 rings (SSSR count). The smallest absolute Gasteiger partial charge is 0.416 e. The summed E-state index contributed by atoms with van der Waals surface area (Å²) in [5, 5.41) is 12.1. The third-order valence-corrected chi connectivity index (χ3v) is 5.72. The third-order valence-electron chi connectivity index (χ3n) is 5.72. The number of carboxylic acid groups (broad SMARTS) is 1. The number of alkyl halides is 3. The highest BCUT2D eigenvalue weighted by molar-refractivity contribution is 6.07. The summed E-state index contributed by atoms with van der Waals surface area (Å²) >= 11 is 0. The zero-order chi connectivity index (χ0) is 20.8. The van der Waals surface area contributed by atoms with Gasteiger partial charge in [0.15, 0.2) is 0 Å². The van der Waals surface area contributed by atoms with E-state index in [9.17, 15) is 27.9 Å². The highest BCUT2D eigenvalue weighted by atomic mass is 19.4. The molecular formula is C21H18F3NO4. The van der Waals surface area contributed by atoms with Crippen molar-refractivity contribution in [2.45, 2.75) is 43.4 Å². The van der Waals surface area contributed by atoms with Crippen molar-refractivity contribution < 1.29 is 32.6 Å². The van der Waals surface area contributed by atoms with Crippen LogP contribution in [-0.2, 0) is 16.4 Å². The van der Waals surface area contributed by atoms with Crippen LogP contribution in [0, 0.1) is 0 Å². The molecule has 0 unspecified atom stereocenters. The molecule has 0 radical (unpaired) electrons. The summed E-state index contributed by atoms with van der Waals surface area (Å²) in [4.78, 5) is 24.0. The van der Waals surface area contributed by atoms with Gasteiger partial charge in [-0.25, -0.2) is 4.79 Å². The van der Waals surface area contributed by atoms with Crippen molar-refractivity contribution in [2.24, 2.45) is 0 Å². The van der Waals surface area contributed by atoms with Crippen molar-refractivity contribution in [3.8, 4) is 5.75 Å². The van der Waals surface area contributed by atoms with E-state index in [-0.39, 0.29) is 23.3 Å². The molecule has 5 nitrogen and oxygen atoms in total. The molecule has 1 heterocycles. The van der Waals surface area contributed by atoms with Gasteiger partial charge in [-0.2, -0.15) is 13.2 Å². The van der Waals surface area contributed by atoms with E-state index in [1.807, 2.05) is 0 Å². The number of hydrogen-bond donors (Lipinski definition) is 2. The zero-order valence-electron chi connectivity index (χ0n) is 15.3. The van der Waals surface area contributed by atoms with Gasteiger partial charge in [0, 0.05) is 5.69 Å². The van der Waals surface area contributed by atoms with E-state index in [0.29, 0.717) is 36.9 Å². The molecule has 1 saturated carbocycles. The third kappa shape index (κ3) is 3.43. The van der Waals surface area contributed by atoms with Gasteiger partial charge in [0.05, 0.1) is 22.6 Å². The maximum Gasteiger partial charge on any atom is 0.416 e. The fourth-order valence-electron chi connectivity index (χ4n) is 4.18. The van der Waals surface area contributed by atoms with E-state index >= 15 is 0 Å². The Balaban J connectivity index is 1.51. The Bertz CT molecular complexity index is 978. The first kappa shape index (κ1) is 19.3. The SMILES string of the molecule is O=C(O)c1ccc2c(c1)[C@]1(CC[C@@H](Oc3cccc(C(F)(F)F)c3)CC1)C(=O)N2. The van der Waals surface area contributed by atoms with Crippen LogP contribution in [0.25, 0.3) is 0 Å². The first-order valence-electron chi connectivity index (χ1n) is 9.22. The van der Waals surface area contributed by atoms with Crippen LogP contribution < -0.4 is 10.1 Å². The molecule has 1 aliphatic heterocycles. The molecular weight excluding hydrogens is 387 g/mol. The zero-order valence-corrected chi connectivity index (χ0v) is 15.3. The molecule has 0 bridgehead atoms. The molecule has 2 aliphatic rings. The van der Waals surface area contributed by atoms with Crippen molar-refractivity contribution >= 4 is 17.6 Å². The lowest BCUT2D eigenvalue weighted by molar-refractivity contribution is -0.137. The summed E-state index contributed by atoms with van der Waals surface area (Å²) in [7, 11) is 0. The van der Waals surface area contributed by atoms with Crippen LogP contribution in [0.5, 0.6) is 5.75 Å². The second-order valence-corrected chi connectivity index (χ2v) is 7.44. The fraction of sp³-hybridized carbons (Fsp3) is 0.333. The number of benzene rings is 2. The van der Waals surface area contributed by atoms with Crippen molar-refractivity contribution in [3.63, 3.8) is 0 Å². The Hall–Kier alpha value is -3.03. The Morgan fingerprint density at radius 2 is 1.86 bits per heavy atom. The first-order valence-corrected chi connectivity index (χ1v) is 9.22. The quantitative estimate of drug-likeness (QED) is 0.782. The predicted octanol–water partition coefficient (Wildman–Crippen LogP) is 4.62. The molecule has 1 spiro atoms. The van der Waals surface area contributed by atoms with E-state index in [2.05, 4.69) is 5.32 Å². The Labute approximate surface area is 164 Å². The molecule has 152 valence electrons. The predicted molar refractivity (Wildman–Crippen MR) is 98.0 cm³/mol. The first-order chi connectivity index (χ1) is 13.7. The number of amides is 1. The summed E-state index contributed by atoms with van der Waals surface area (Å²) in [6.07, 6.45) is -2.95. The highest BCUT2D eigenvalue weighted by Gasteiger charge is 2.49. The van der Waals surface area contributed by atoms with Crippen LogP contribution in [0.15, 0.2) is 42.5 Å². The lowest BCUT2D eigenvalue weighted by Crippen LogP contribution is -2.41. The Kier molecular flexibility index (Phi) is 4.52. The number of hydrogen-bond acceptors (Lipinski definition) is 3. The number of ether oxygens (including phenoxy) is 1. The van der Waals surface area contributed by atoms with E-state index in [4.69, 9.17) is 4.74 Å². The van der Waals surface area contributed by atoms with E-state index in [1.165, 1.54) is 24.3 Å². The molecule has 1 fully saturated rings. The summed E-state index contributed by atoms with van der Waals surface area (Å²) in [5.41, 5.74) is -0.208. The summed E-state index contributed by atoms with van der Waals surface area (Å²) < 4.78 is 44.4. The minimum atomic E-state index is -4.44. The van der Waals surface area contributed by atoms with Crippen molar-refractivity contribution in [3.05, 3.63) is 59.2 Å². The monoisotopic (exact) mass is 405 g/mol. The molecule has 1 aliphatic carbocycles. The molecule has 0 atom stereocenters. The topological polar surface area (TPSA) is 75.6 Å². The van der Waals surface area contributed by atoms with Crippen LogP contribution in [0.3, 0.4) is 0 Å². The molecule has 0 saturated heterocycles. The summed E-state index contributed by atoms with van der Waals surface area (Å²) in [6, 6.07) is 9.32. The molecule has 2 aromatic rings. The van der Waals surface area contributed by atoms with Crippen LogP contribution in [0.1, 0.15) is 47.2 Å². The fourth-order valence-corrected chi connectivity index (χ4v) is 4.18. The molecule has 0 aromatic heterocycles. The van der Waals surface area contributed by atoms with Crippen molar-refractivity contribution in [1.29, 1.82) is 0 Å². The van der Waals surface area contributed by atoms with Crippen LogP contribution in [-0.4, -0.2) is 23.1 Å². The number of fused-ring (bicyclic) bond motifs is 2. The Morgan fingerprint density at radius 3 is 2.52 bits per heavy atom. The van der Waals surface area contributed by atoms with Gasteiger partial charge in [0.2, 0.25) is 5.91 Å². The maximum absolute atomic E-state index is 12.9. The minimum absolute atomic E-state index is 0.113. The Morgan fingerprint density at radius 1 is 1.14 bits per heavy atom. The van der Waals surface area contributed by atoms with Crippen LogP contribution >= 0.6 is 0 Å². The average molecular weight is 405 g/mol. The van der Waals surface area contributed by atoms with Gasteiger partial charge in [-0.3, -0.25) is 4.79 Å². The second kappa shape index (κ2) is 6.79. The normalized spacial score (nSPS) is 23.6. The molecule has 2 aromatic carbocycles. The lowest BCUT2D eigenvalue weighted by Gasteiger charge is -2.35. The van der Waals surface area contributed by atoms with Gasteiger partial charge >= 0.3 is 12.1 Å². The van der Waals surface area contributed by atoms with E-state index < -0.39 is 23.1 Å². The number of nitrogens with one attached hydrogen (secondary N) is 1.